The number of carbonyl (C=O) groups is 2. The molecule has 0 aromatic carbocycles. The Balaban J connectivity index is 2.30. The van der Waals surface area contributed by atoms with Crippen LogP contribution in [0.5, 0.6) is 0 Å². The van der Waals surface area contributed by atoms with Crippen molar-refractivity contribution in [3.8, 4) is 0 Å². The Labute approximate surface area is 122 Å². The summed E-state index contributed by atoms with van der Waals surface area (Å²) < 4.78 is 0. The van der Waals surface area contributed by atoms with Crippen LogP contribution in [0.3, 0.4) is 0 Å². The van der Waals surface area contributed by atoms with Crippen LogP contribution in [0.1, 0.15) is 66.2 Å². The highest BCUT2D eigenvalue weighted by molar-refractivity contribution is 6.00. The predicted molar refractivity (Wildman–Crippen MR) is 79.2 cm³/mol. The van der Waals surface area contributed by atoms with Crippen molar-refractivity contribution in [1.82, 2.24) is 10.2 Å². The molecule has 1 spiro atoms. The molecule has 2 aliphatic rings. The van der Waals surface area contributed by atoms with Gasteiger partial charge >= 0.3 is 0 Å². The van der Waals surface area contributed by atoms with E-state index in [4.69, 9.17) is 0 Å². The second-order valence-electron chi connectivity index (χ2n) is 7.05. The number of hydrogen-bond donors (Lipinski definition) is 1. The van der Waals surface area contributed by atoms with Crippen LogP contribution in [0.15, 0.2) is 0 Å². The maximum Gasteiger partial charge on any atom is 0.246 e. The molecule has 1 unspecified atom stereocenters. The molecule has 2 rings (SSSR count). The van der Waals surface area contributed by atoms with Crippen LogP contribution < -0.4 is 5.32 Å². The minimum Gasteiger partial charge on any atom is -0.342 e. The van der Waals surface area contributed by atoms with E-state index in [1.165, 1.54) is 6.42 Å². The summed E-state index contributed by atoms with van der Waals surface area (Å²) in [6, 6.07) is -0.251. The van der Waals surface area contributed by atoms with Gasteiger partial charge in [0.15, 0.2) is 0 Å². The summed E-state index contributed by atoms with van der Waals surface area (Å²) in [6.45, 7) is 8.23. The van der Waals surface area contributed by atoms with Gasteiger partial charge in [0, 0.05) is 6.04 Å². The maximum absolute atomic E-state index is 12.8. The lowest BCUT2D eigenvalue weighted by Gasteiger charge is -2.52. The lowest BCUT2D eigenvalue weighted by molar-refractivity contribution is -0.163. The zero-order valence-electron chi connectivity index (χ0n) is 13.2. The Hall–Kier alpha value is -1.06. The Bertz CT molecular complexity index is 384. The van der Waals surface area contributed by atoms with Crippen LogP contribution in [0.2, 0.25) is 0 Å². The molecule has 20 heavy (non-hydrogen) atoms. The van der Waals surface area contributed by atoms with Crippen LogP contribution in [0.25, 0.3) is 0 Å². The topological polar surface area (TPSA) is 49.4 Å². The number of nitrogens with one attached hydrogen (secondary N) is 1. The third kappa shape index (κ3) is 2.57. The van der Waals surface area contributed by atoms with Crippen LogP contribution >= 0.6 is 0 Å². The van der Waals surface area contributed by atoms with Gasteiger partial charge in [-0.15, -0.1) is 0 Å². The van der Waals surface area contributed by atoms with Gasteiger partial charge in [0.2, 0.25) is 11.8 Å². The Kier molecular flexibility index (Phi) is 4.40. The molecule has 1 aliphatic heterocycles. The van der Waals surface area contributed by atoms with Crippen molar-refractivity contribution >= 4 is 11.8 Å². The highest BCUT2D eigenvalue weighted by Crippen LogP contribution is 2.38. The lowest BCUT2D eigenvalue weighted by Crippen LogP contribution is -2.72. The molecule has 1 N–H and O–H groups in total. The van der Waals surface area contributed by atoms with Gasteiger partial charge < -0.3 is 10.2 Å². The van der Waals surface area contributed by atoms with Gasteiger partial charge in [-0.25, -0.2) is 0 Å². The molecule has 1 saturated carbocycles. The van der Waals surface area contributed by atoms with Gasteiger partial charge in [0.05, 0.1) is 0 Å². The second kappa shape index (κ2) is 5.74. The molecule has 4 heteroatoms. The number of piperazine rings is 1. The molecule has 0 radical (unpaired) electrons. The standard InChI is InChI=1S/C16H28N2O2/c1-11(2)10-13-14(19)18(12(3)4)16(15(20)17-13)8-6-5-7-9-16/h11-13H,5-10H2,1-4H3,(H,17,20). The molecular weight excluding hydrogens is 252 g/mol. The first-order chi connectivity index (χ1) is 9.38. The van der Waals surface area contributed by atoms with Crippen molar-refractivity contribution < 1.29 is 9.59 Å². The minimum absolute atomic E-state index is 0.0798. The smallest absolute Gasteiger partial charge is 0.246 e. The van der Waals surface area contributed by atoms with E-state index in [-0.39, 0.29) is 23.9 Å². The average molecular weight is 280 g/mol. The summed E-state index contributed by atoms with van der Waals surface area (Å²) in [4.78, 5) is 27.5. The fraction of sp³-hybridized carbons (Fsp3) is 0.875. The van der Waals surface area contributed by atoms with Gasteiger partial charge in [-0.2, -0.15) is 0 Å². The third-order valence-electron chi connectivity index (χ3n) is 4.63. The van der Waals surface area contributed by atoms with E-state index in [1.54, 1.807) is 0 Å². The molecule has 0 aromatic rings. The van der Waals surface area contributed by atoms with Crippen molar-refractivity contribution in [1.29, 1.82) is 0 Å². The monoisotopic (exact) mass is 280 g/mol. The average Bonchev–Trinajstić information content (AvgIpc) is 2.36. The second-order valence-corrected chi connectivity index (χ2v) is 7.05. The van der Waals surface area contributed by atoms with Crippen molar-refractivity contribution in [2.45, 2.75) is 83.8 Å². The van der Waals surface area contributed by atoms with Crippen LogP contribution in [0.4, 0.5) is 0 Å². The van der Waals surface area contributed by atoms with Gasteiger partial charge in [0.1, 0.15) is 11.6 Å². The van der Waals surface area contributed by atoms with E-state index < -0.39 is 5.54 Å². The summed E-state index contributed by atoms with van der Waals surface area (Å²) in [6.07, 6.45) is 5.61. The van der Waals surface area contributed by atoms with E-state index in [0.29, 0.717) is 5.92 Å². The van der Waals surface area contributed by atoms with Crippen molar-refractivity contribution in [3.05, 3.63) is 0 Å². The summed E-state index contributed by atoms with van der Waals surface area (Å²) in [7, 11) is 0. The van der Waals surface area contributed by atoms with Crippen LogP contribution in [-0.2, 0) is 9.59 Å². The molecule has 1 saturated heterocycles. The van der Waals surface area contributed by atoms with E-state index in [1.807, 2.05) is 18.7 Å². The van der Waals surface area contributed by atoms with E-state index >= 15 is 0 Å². The Morgan fingerprint density at radius 2 is 1.75 bits per heavy atom. The Morgan fingerprint density at radius 1 is 1.15 bits per heavy atom. The van der Waals surface area contributed by atoms with Crippen molar-refractivity contribution in [2.24, 2.45) is 5.92 Å². The number of carbonyl (C=O) groups excluding carboxylic acids is 2. The lowest BCUT2D eigenvalue weighted by atomic mass is 9.76. The number of nitrogens with zero attached hydrogens (tertiary/aromatic N) is 1. The zero-order valence-corrected chi connectivity index (χ0v) is 13.2. The van der Waals surface area contributed by atoms with E-state index in [2.05, 4.69) is 19.2 Å². The zero-order chi connectivity index (χ0) is 14.9. The number of amides is 2. The first kappa shape index (κ1) is 15.3. The fourth-order valence-corrected chi connectivity index (χ4v) is 3.83. The van der Waals surface area contributed by atoms with E-state index in [0.717, 1.165) is 32.1 Å². The molecule has 0 bridgehead atoms. The van der Waals surface area contributed by atoms with Crippen LogP contribution in [0, 0.1) is 5.92 Å². The highest BCUT2D eigenvalue weighted by Gasteiger charge is 2.53. The van der Waals surface area contributed by atoms with Gasteiger partial charge in [-0.3, -0.25) is 9.59 Å². The summed E-state index contributed by atoms with van der Waals surface area (Å²) >= 11 is 0. The number of hydrogen-bond acceptors (Lipinski definition) is 2. The first-order valence-electron chi connectivity index (χ1n) is 8.02. The summed E-state index contributed by atoms with van der Waals surface area (Å²) in [5.41, 5.74) is -0.572. The molecule has 4 nitrogen and oxygen atoms in total. The Morgan fingerprint density at radius 3 is 2.25 bits per heavy atom. The molecule has 1 aliphatic carbocycles. The summed E-state index contributed by atoms with van der Waals surface area (Å²) in [5.74, 6) is 0.602. The quantitative estimate of drug-likeness (QED) is 0.863. The van der Waals surface area contributed by atoms with Crippen molar-refractivity contribution in [2.75, 3.05) is 0 Å². The third-order valence-corrected chi connectivity index (χ3v) is 4.63. The molecule has 1 heterocycles. The first-order valence-corrected chi connectivity index (χ1v) is 8.02. The fourth-order valence-electron chi connectivity index (χ4n) is 3.83. The number of rotatable bonds is 3. The SMILES string of the molecule is CC(C)CC1NC(=O)C2(CCCCC2)N(C(C)C)C1=O. The molecule has 114 valence electrons. The highest BCUT2D eigenvalue weighted by atomic mass is 16.2. The normalized spacial score (nSPS) is 26.5. The molecule has 2 amide bonds. The van der Waals surface area contributed by atoms with Crippen LogP contribution in [-0.4, -0.2) is 34.3 Å². The largest absolute Gasteiger partial charge is 0.342 e. The van der Waals surface area contributed by atoms with E-state index in [9.17, 15) is 9.59 Å². The molecule has 1 atom stereocenters. The minimum atomic E-state index is -0.572. The van der Waals surface area contributed by atoms with Gasteiger partial charge in [-0.1, -0.05) is 33.1 Å². The summed E-state index contributed by atoms with van der Waals surface area (Å²) in [5, 5.41) is 3.01. The maximum atomic E-state index is 12.8. The van der Waals surface area contributed by atoms with Crippen molar-refractivity contribution in [3.63, 3.8) is 0 Å². The van der Waals surface area contributed by atoms with Gasteiger partial charge in [-0.05, 0) is 39.0 Å². The van der Waals surface area contributed by atoms with Gasteiger partial charge in [0.25, 0.3) is 0 Å². The molecule has 0 aromatic heterocycles. The predicted octanol–water partition coefficient (Wildman–Crippen LogP) is 2.47. The molecular formula is C16H28N2O2. The molecule has 2 fully saturated rings.